The highest BCUT2D eigenvalue weighted by atomic mass is 16.5. The number of benzene rings is 2. The molecule has 0 fully saturated rings. The van der Waals surface area contributed by atoms with Gasteiger partial charge in [0.05, 0.1) is 17.8 Å². The first kappa shape index (κ1) is 18.2. The molecule has 2 aromatic carbocycles. The van der Waals surface area contributed by atoms with Crippen molar-refractivity contribution >= 4 is 34.2 Å². The first-order valence-electron chi connectivity index (χ1n) is 8.41. The molecule has 0 radical (unpaired) electrons. The molecule has 7 nitrogen and oxygen atoms in total. The summed E-state index contributed by atoms with van der Waals surface area (Å²) in [5, 5.41) is 15.8. The van der Waals surface area contributed by atoms with E-state index in [1.165, 1.54) is 18.3 Å². The molecule has 0 spiro atoms. The number of nitrogens with zero attached hydrogens (tertiary/aromatic N) is 1. The fourth-order valence-corrected chi connectivity index (χ4v) is 2.67. The van der Waals surface area contributed by atoms with Gasteiger partial charge in [0.1, 0.15) is 11.3 Å². The normalized spacial score (nSPS) is 10.4. The molecule has 27 heavy (non-hydrogen) atoms. The zero-order valence-corrected chi connectivity index (χ0v) is 14.9. The maximum absolute atomic E-state index is 12.4. The van der Waals surface area contributed by atoms with Gasteiger partial charge in [-0.2, -0.15) is 0 Å². The second-order valence-electron chi connectivity index (χ2n) is 5.75. The average molecular weight is 365 g/mol. The van der Waals surface area contributed by atoms with E-state index in [0.717, 1.165) is 0 Å². The highest BCUT2D eigenvalue weighted by Gasteiger charge is 2.18. The third-order valence-electron chi connectivity index (χ3n) is 3.99. The number of hydrogen-bond acceptors (Lipinski definition) is 6. The van der Waals surface area contributed by atoms with Gasteiger partial charge in [-0.05, 0) is 49.4 Å². The third kappa shape index (κ3) is 3.82. The minimum Gasteiger partial charge on any atom is -0.508 e. The van der Waals surface area contributed by atoms with Crippen molar-refractivity contribution in [2.24, 2.45) is 0 Å². The lowest BCUT2D eigenvalue weighted by Crippen LogP contribution is -2.17. The molecule has 0 saturated carbocycles. The lowest BCUT2D eigenvalue weighted by atomic mass is 10.1. The maximum atomic E-state index is 12.4. The van der Waals surface area contributed by atoms with Crippen molar-refractivity contribution in [1.29, 1.82) is 0 Å². The number of nitrogens with one attached hydrogen (secondary N) is 2. The Balaban J connectivity index is 2.19. The van der Waals surface area contributed by atoms with E-state index in [4.69, 9.17) is 4.74 Å². The molecule has 0 bridgehead atoms. The summed E-state index contributed by atoms with van der Waals surface area (Å²) in [5.74, 6) is -0.625. The predicted molar refractivity (Wildman–Crippen MR) is 102 cm³/mol. The van der Waals surface area contributed by atoms with Crippen molar-refractivity contribution in [1.82, 2.24) is 10.3 Å². The van der Waals surface area contributed by atoms with Crippen molar-refractivity contribution in [3.8, 4) is 5.75 Å². The van der Waals surface area contributed by atoms with Crippen LogP contribution in [0.5, 0.6) is 5.75 Å². The fraction of sp³-hybridized carbons (Fsp3) is 0.150. The van der Waals surface area contributed by atoms with Gasteiger partial charge in [0, 0.05) is 29.9 Å². The number of phenolic OH excluding ortho intramolecular Hbond substituents is 1. The topological polar surface area (TPSA) is 101 Å². The molecule has 3 N–H and O–H groups in total. The van der Waals surface area contributed by atoms with Crippen molar-refractivity contribution < 1.29 is 19.4 Å². The minimum atomic E-state index is -0.515. The van der Waals surface area contributed by atoms with E-state index in [1.807, 2.05) is 0 Å². The summed E-state index contributed by atoms with van der Waals surface area (Å²) in [4.78, 5) is 28.7. The summed E-state index contributed by atoms with van der Waals surface area (Å²) >= 11 is 0. The predicted octanol–water partition coefficient (Wildman–Crippen LogP) is 3.22. The van der Waals surface area contributed by atoms with E-state index in [9.17, 15) is 14.7 Å². The van der Waals surface area contributed by atoms with Gasteiger partial charge in [-0.1, -0.05) is 0 Å². The summed E-state index contributed by atoms with van der Waals surface area (Å²) in [6.07, 6.45) is 1.45. The number of esters is 1. The molecule has 7 heteroatoms. The number of phenols is 1. The second kappa shape index (κ2) is 7.74. The second-order valence-corrected chi connectivity index (χ2v) is 5.75. The number of anilines is 2. The molecule has 0 aliphatic rings. The number of hydrogen-bond donors (Lipinski definition) is 3. The number of amides is 1. The van der Waals surface area contributed by atoms with Gasteiger partial charge in [0.15, 0.2) is 0 Å². The summed E-state index contributed by atoms with van der Waals surface area (Å²) < 4.78 is 5.13. The van der Waals surface area contributed by atoms with E-state index in [2.05, 4.69) is 15.6 Å². The minimum absolute atomic E-state index is 0.132. The van der Waals surface area contributed by atoms with Crippen LogP contribution in [0.15, 0.2) is 48.7 Å². The van der Waals surface area contributed by atoms with Gasteiger partial charge in [0.2, 0.25) is 0 Å². The highest BCUT2D eigenvalue weighted by Crippen LogP contribution is 2.31. The Morgan fingerprint density at radius 1 is 1.15 bits per heavy atom. The number of ether oxygens (including phenoxy) is 1. The van der Waals surface area contributed by atoms with Gasteiger partial charge >= 0.3 is 5.97 Å². The first-order valence-corrected chi connectivity index (χ1v) is 8.41. The van der Waals surface area contributed by atoms with Gasteiger partial charge in [-0.15, -0.1) is 0 Å². The van der Waals surface area contributed by atoms with Gasteiger partial charge in [-0.3, -0.25) is 9.78 Å². The SMILES string of the molecule is CCOC(=O)c1cnc2ccc(C(=O)NC)cc2c1Nc1ccc(O)cc1. The molecule has 0 saturated heterocycles. The lowest BCUT2D eigenvalue weighted by molar-refractivity contribution is 0.0527. The third-order valence-corrected chi connectivity index (χ3v) is 3.99. The van der Waals surface area contributed by atoms with Crippen LogP contribution < -0.4 is 10.6 Å². The summed E-state index contributed by atoms with van der Waals surface area (Å²) in [6.45, 7) is 1.96. The van der Waals surface area contributed by atoms with Crippen LogP contribution >= 0.6 is 0 Å². The number of carbonyl (C=O) groups is 2. The molecule has 0 unspecified atom stereocenters. The Morgan fingerprint density at radius 2 is 1.89 bits per heavy atom. The molecular formula is C20H19N3O4. The molecule has 0 aliphatic carbocycles. The molecule has 3 rings (SSSR count). The lowest BCUT2D eigenvalue weighted by Gasteiger charge is -2.15. The van der Waals surface area contributed by atoms with E-state index in [-0.39, 0.29) is 23.8 Å². The van der Waals surface area contributed by atoms with Crippen LogP contribution in [-0.2, 0) is 4.74 Å². The van der Waals surface area contributed by atoms with Gasteiger partial charge in [0.25, 0.3) is 5.91 Å². The monoisotopic (exact) mass is 365 g/mol. The smallest absolute Gasteiger partial charge is 0.341 e. The number of carbonyl (C=O) groups excluding carboxylic acids is 2. The maximum Gasteiger partial charge on any atom is 0.341 e. The highest BCUT2D eigenvalue weighted by molar-refractivity contribution is 6.08. The molecule has 0 atom stereocenters. The number of aromatic nitrogens is 1. The molecule has 3 aromatic rings. The molecule has 138 valence electrons. The fourth-order valence-electron chi connectivity index (χ4n) is 2.67. The Morgan fingerprint density at radius 3 is 2.56 bits per heavy atom. The van der Waals surface area contributed by atoms with Crippen molar-refractivity contribution in [3.05, 3.63) is 59.8 Å². The number of fused-ring (bicyclic) bond motifs is 1. The van der Waals surface area contributed by atoms with Crippen molar-refractivity contribution in [3.63, 3.8) is 0 Å². The molecule has 1 aromatic heterocycles. The molecular weight excluding hydrogens is 346 g/mol. The van der Waals surface area contributed by atoms with E-state index < -0.39 is 5.97 Å². The molecule has 0 aliphatic heterocycles. The summed E-state index contributed by atoms with van der Waals surface area (Å²) in [5.41, 5.74) is 2.47. The molecule has 1 amide bonds. The van der Waals surface area contributed by atoms with Crippen LogP contribution in [0, 0.1) is 0 Å². The number of pyridine rings is 1. The van der Waals surface area contributed by atoms with Crippen LogP contribution in [0.3, 0.4) is 0 Å². The summed E-state index contributed by atoms with van der Waals surface area (Å²) in [7, 11) is 1.55. The average Bonchev–Trinajstić information content (AvgIpc) is 2.69. The summed E-state index contributed by atoms with van der Waals surface area (Å²) in [6, 6.07) is 11.5. The van der Waals surface area contributed by atoms with E-state index in [0.29, 0.717) is 27.8 Å². The largest absolute Gasteiger partial charge is 0.508 e. The van der Waals surface area contributed by atoms with Crippen LogP contribution in [0.2, 0.25) is 0 Å². The zero-order valence-electron chi connectivity index (χ0n) is 14.9. The van der Waals surface area contributed by atoms with Gasteiger partial charge < -0.3 is 20.5 Å². The van der Waals surface area contributed by atoms with Crippen LogP contribution in [0.25, 0.3) is 10.9 Å². The quantitative estimate of drug-likeness (QED) is 0.474. The van der Waals surface area contributed by atoms with Crippen LogP contribution in [0.4, 0.5) is 11.4 Å². The Bertz CT molecular complexity index is 1000. The Labute approximate surface area is 156 Å². The van der Waals surface area contributed by atoms with Crippen molar-refractivity contribution in [2.45, 2.75) is 6.92 Å². The zero-order chi connectivity index (χ0) is 19.4. The Hall–Kier alpha value is -3.61. The van der Waals surface area contributed by atoms with Crippen molar-refractivity contribution in [2.75, 3.05) is 19.0 Å². The van der Waals surface area contributed by atoms with Gasteiger partial charge in [-0.25, -0.2) is 4.79 Å². The molecule has 1 heterocycles. The standard InChI is InChI=1S/C20H19N3O4/c1-3-27-20(26)16-11-22-17-9-4-12(19(25)21-2)10-15(17)18(16)23-13-5-7-14(24)8-6-13/h4-11,24H,3H2,1-2H3,(H,21,25)(H,22,23). The van der Waals surface area contributed by atoms with E-state index >= 15 is 0 Å². The Kier molecular flexibility index (Phi) is 5.21. The number of aromatic hydroxyl groups is 1. The van der Waals surface area contributed by atoms with Crippen LogP contribution in [-0.4, -0.2) is 35.6 Å². The van der Waals surface area contributed by atoms with E-state index in [1.54, 1.807) is 44.3 Å². The van der Waals surface area contributed by atoms with Crippen LogP contribution in [0.1, 0.15) is 27.6 Å². The first-order chi connectivity index (χ1) is 13.0. The number of rotatable bonds is 5.